The Balaban J connectivity index is 1.89. The van der Waals surface area contributed by atoms with Crippen molar-refractivity contribution in [3.8, 4) is 0 Å². The lowest BCUT2D eigenvalue weighted by Crippen LogP contribution is -2.18. The Labute approximate surface area is 107 Å². The zero-order chi connectivity index (χ0) is 13.0. The Bertz CT molecular complexity index is 413. The highest BCUT2D eigenvalue weighted by Crippen LogP contribution is 2.29. The van der Waals surface area contributed by atoms with E-state index in [1.54, 1.807) is 12.1 Å². The van der Waals surface area contributed by atoms with Crippen molar-refractivity contribution in [3.63, 3.8) is 0 Å². The van der Waals surface area contributed by atoms with Crippen LogP contribution in [0.25, 0.3) is 0 Å². The zero-order valence-corrected chi connectivity index (χ0v) is 10.4. The number of nitro benzene ring substituents is 1. The third kappa shape index (κ3) is 3.29. The lowest BCUT2D eigenvalue weighted by atomic mass is 9.95. The molecule has 4 nitrogen and oxygen atoms in total. The van der Waals surface area contributed by atoms with Crippen molar-refractivity contribution < 1.29 is 10.0 Å². The van der Waals surface area contributed by atoms with Crippen LogP contribution >= 0.6 is 0 Å². The summed E-state index contributed by atoms with van der Waals surface area (Å²) in [5, 5.41) is 20.7. The highest BCUT2D eigenvalue weighted by Gasteiger charge is 2.22. The monoisotopic (exact) mass is 249 g/mol. The first-order valence-electron chi connectivity index (χ1n) is 6.58. The Kier molecular flexibility index (Phi) is 4.31. The van der Waals surface area contributed by atoms with Crippen LogP contribution in [0.15, 0.2) is 24.3 Å². The van der Waals surface area contributed by atoms with Gasteiger partial charge in [0, 0.05) is 12.1 Å². The molecule has 0 spiro atoms. The van der Waals surface area contributed by atoms with Crippen molar-refractivity contribution in [2.24, 2.45) is 5.92 Å². The summed E-state index contributed by atoms with van der Waals surface area (Å²) in [4.78, 5) is 10.3. The average Bonchev–Trinajstić information content (AvgIpc) is 2.90. The molecule has 1 aliphatic rings. The van der Waals surface area contributed by atoms with E-state index < -0.39 is 0 Å². The average molecular weight is 249 g/mol. The molecule has 0 aliphatic heterocycles. The molecule has 2 rings (SSSR count). The summed E-state index contributed by atoms with van der Waals surface area (Å²) >= 11 is 0. The van der Waals surface area contributed by atoms with E-state index >= 15 is 0 Å². The van der Waals surface area contributed by atoms with Gasteiger partial charge in [0.1, 0.15) is 0 Å². The van der Waals surface area contributed by atoms with Gasteiger partial charge < -0.3 is 5.11 Å². The van der Waals surface area contributed by atoms with E-state index in [2.05, 4.69) is 0 Å². The molecule has 1 aromatic rings. The van der Waals surface area contributed by atoms with E-state index in [0.717, 1.165) is 18.4 Å². The maximum atomic E-state index is 10.7. The Morgan fingerprint density at radius 3 is 2.78 bits per heavy atom. The van der Waals surface area contributed by atoms with E-state index in [1.165, 1.54) is 18.9 Å². The van der Waals surface area contributed by atoms with Gasteiger partial charge in [0.15, 0.2) is 0 Å². The highest BCUT2D eigenvalue weighted by atomic mass is 16.6. The number of aryl methyl sites for hydroxylation is 1. The van der Waals surface area contributed by atoms with Crippen molar-refractivity contribution in [1.82, 2.24) is 0 Å². The molecule has 1 N–H and O–H groups in total. The maximum absolute atomic E-state index is 10.7. The quantitative estimate of drug-likeness (QED) is 0.644. The van der Waals surface area contributed by atoms with Crippen LogP contribution in [0.3, 0.4) is 0 Å². The van der Waals surface area contributed by atoms with Crippen molar-refractivity contribution in [2.75, 3.05) is 0 Å². The van der Waals surface area contributed by atoms with Gasteiger partial charge in [-0.05, 0) is 37.2 Å². The molecule has 1 atom stereocenters. The number of rotatable bonds is 5. The summed E-state index contributed by atoms with van der Waals surface area (Å²) in [6.45, 7) is 0. The number of nitrogens with zero attached hydrogens (tertiary/aromatic N) is 1. The number of benzene rings is 1. The fourth-order valence-corrected chi connectivity index (χ4v) is 2.72. The van der Waals surface area contributed by atoms with Crippen LogP contribution in [0, 0.1) is 16.0 Å². The molecular weight excluding hydrogens is 230 g/mol. The number of aliphatic hydroxyl groups excluding tert-OH is 1. The second-order valence-electron chi connectivity index (χ2n) is 5.08. The second-order valence-corrected chi connectivity index (χ2v) is 5.08. The SMILES string of the molecule is O=[N+]([O-])c1cccc(CCC(O)C2CCCC2)c1. The maximum Gasteiger partial charge on any atom is 0.269 e. The van der Waals surface area contributed by atoms with Gasteiger partial charge >= 0.3 is 0 Å². The molecule has 18 heavy (non-hydrogen) atoms. The summed E-state index contributed by atoms with van der Waals surface area (Å²) in [6, 6.07) is 6.68. The third-order valence-electron chi connectivity index (χ3n) is 3.79. The smallest absolute Gasteiger partial charge is 0.269 e. The topological polar surface area (TPSA) is 63.4 Å². The lowest BCUT2D eigenvalue weighted by Gasteiger charge is -2.17. The van der Waals surface area contributed by atoms with E-state index in [4.69, 9.17) is 0 Å². The van der Waals surface area contributed by atoms with Gasteiger partial charge in [0.25, 0.3) is 5.69 Å². The zero-order valence-electron chi connectivity index (χ0n) is 10.4. The fourth-order valence-electron chi connectivity index (χ4n) is 2.72. The number of hydrogen-bond donors (Lipinski definition) is 1. The van der Waals surface area contributed by atoms with Crippen molar-refractivity contribution in [2.45, 2.75) is 44.6 Å². The normalized spacial score (nSPS) is 17.8. The summed E-state index contributed by atoms with van der Waals surface area (Å²) in [7, 11) is 0. The molecule has 0 amide bonds. The molecule has 0 bridgehead atoms. The standard InChI is InChI=1S/C14H19NO3/c16-14(12-5-1-2-6-12)9-8-11-4-3-7-13(10-11)15(17)18/h3-4,7,10,12,14,16H,1-2,5-6,8-9H2. The fraction of sp³-hybridized carbons (Fsp3) is 0.571. The minimum Gasteiger partial charge on any atom is -0.393 e. The molecule has 1 unspecified atom stereocenters. The van der Waals surface area contributed by atoms with Gasteiger partial charge in [-0.2, -0.15) is 0 Å². The third-order valence-corrected chi connectivity index (χ3v) is 3.79. The molecule has 0 aromatic heterocycles. The van der Waals surface area contributed by atoms with Crippen molar-refractivity contribution >= 4 is 5.69 Å². The van der Waals surface area contributed by atoms with Crippen LogP contribution < -0.4 is 0 Å². The highest BCUT2D eigenvalue weighted by molar-refractivity contribution is 5.34. The first-order valence-corrected chi connectivity index (χ1v) is 6.58. The van der Waals surface area contributed by atoms with Crippen LogP contribution in [0.1, 0.15) is 37.7 Å². The summed E-state index contributed by atoms with van der Waals surface area (Å²) in [6.07, 6.45) is 5.83. The van der Waals surface area contributed by atoms with Crippen molar-refractivity contribution in [3.05, 3.63) is 39.9 Å². The Hall–Kier alpha value is -1.42. The van der Waals surface area contributed by atoms with Crippen LogP contribution in [0.5, 0.6) is 0 Å². The second kappa shape index (κ2) is 5.96. The summed E-state index contributed by atoms with van der Waals surface area (Å²) in [5.41, 5.74) is 1.06. The largest absolute Gasteiger partial charge is 0.393 e. The molecular formula is C14H19NO3. The first-order chi connectivity index (χ1) is 8.66. The molecule has 1 fully saturated rings. The van der Waals surface area contributed by atoms with Gasteiger partial charge in [-0.15, -0.1) is 0 Å². The van der Waals surface area contributed by atoms with E-state index in [0.29, 0.717) is 18.8 Å². The van der Waals surface area contributed by atoms with Gasteiger partial charge in [-0.1, -0.05) is 25.0 Å². The van der Waals surface area contributed by atoms with E-state index in [1.807, 2.05) is 6.07 Å². The number of nitro groups is 1. The van der Waals surface area contributed by atoms with Crippen LogP contribution in [-0.2, 0) is 6.42 Å². The minimum absolute atomic E-state index is 0.128. The molecule has 0 saturated heterocycles. The van der Waals surface area contributed by atoms with Gasteiger partial charge in [-0.25, -0.2) is 0 Å². The van der Waals surface area contributed by atoms with Gasteiger partial charge in [-0.3, -0.25) is 10.1 Å². The molecule has 1 aromatic carbocycles. The predicted octanol–water partition coefficient (Wildman–Crippen LogP) is 3.08. The number of non-ortho nitro benzene ring substituents is 1. The van der Waals surface area contributed by atoms with E-state index in [-0.39, 0.29) is 16.7 Å². The lowest BCUT2D eigenvalue weighted by molar-refractivity contribution is -0.384. The summed E-state index contributed by atoms with van der Waals surface area (Å²) in [5.74, 6) is 0.434. The molecule has 4 heteroatoms. The van der Waals surface area contributed by atoms with E-state index in [9.17, 15) is 15.2 Å². The molecule has 1 saturated carbocycles. The number of aliphatic hydroxyl groups is 1. The Morgan fingerprint density at radius 2 is 2.11 bits per heavy atom. The van der Waals surface area contributed by atoms with Crippen LogP contribution in [0.4, 0.5) is 5.69 Å². The Morgan fingerprint density at radius 1 is 1.39 bits per heavy atom. The van der Waals surface area contributed by atoms with Gasteiger partial charge in [0.2, 0.25) is 0 Å². The van der Waals surface area contributed by atoms with Crippen LogP contribution in [0.2, 0.25) is 0 Å². The van der Waals surface area contributed by atoms with Crippen molar-refractivity contribution in [1.29, 1.82) is 0 Å². The first kappa shape index (κ1) is 13.0. The molecule has 1 aliphatic carbocycles. The van der Waals surface area contributed by atoms with Crippen LogP contribution in [-0.4, -0.2) is 16.1 Å². The molecule has 0 radical (unpaired) electrons. The minimum atomic E-state index is -0.378. The van der Waals surface area contributed by atoms with Gasteiger partial charge in [0.05, 0.1) is 11.0 Å². The predicted molar refractivity (Wildman–Crippen MR) is 69.4 cm³/mol. The molecule has 0 heterocycles. The number of hydrogen-bond acceptors (Lipinski definition) is 3. The summed E-state index contributed by atoms with van der Waals surface area (Å²) < 4.78 is 0. The molecule has 98 valence electrons.